The molecule has 0 unspecified atom stereocenters. The zero-order chi connectivity index (χ0) is 16.4. The van der Waals surface area contributed by atoms with Gasteiger partial charge in [-0.2, -0.15) is 0 Å². The smallest absolute Gasteiger partial charge is 0.271 e. The highest BCUT2D eigenvalue weighted by molar-refractivity contribution is 6.07. The number of carbonyl (C=O) groups is 1. The van der Waals surface area contributed by atoms with Gasteiger partial charge in [0.2, 0.25) is 0 Å². The van der Waals surface area contributed by atoms with E-state index in [0.717, 1.165) is 16.6 Å². The molecule has 118 valence electrons. The number of anilines is 1. The quantitative estimate of drug-likeness (QED) is 0.747. The molecule has 4 nitrogen and oxygen atoms in total. The minimum Gasteiger partial charge on any atom is -0.350 e. The Kier molecular flexibility index (Phi) is 4.06. The number of benzene rings is 2. The van der Waals surface area contributed by atoms with Gasteiger partial charge in [-0.25, -0.2) is 0 Å². The van der Waals surface area contributed by atoms with Crippen LogP contribution in [0.1, 0.15) is 22.8 Å². The lowest BCUT2D eigenvalue weighted by atomic mass is 10.1. The van der Waals surface area contributed by atoms with Gasteiger partial charge in [-0.05, 0) is 32.0 Å². The zero-order valence-electron chi connectivity index (χ0n) is 13.7. The molecule has 1 aromatic heterocycles. The van der Waals surface area contributed by atoms with Gasteiger partial charge in [-0.3, -0.25) is 15.2 Å². The molecule has 0 saturated carbocycles. The van der Waals surface area contributed by atoms with Crippen molar-refractivity contribution in [2.45, 2.75) is 13.8 Å². The summed E-state index contributed by atoms with van der Waals surface area (Å²) in [5.74, 6) is -0.0933. The van der Waals surface area contributed by atoms with Gasteiger partial charge >= 0.3 is 0 Å². The number of fused-ring (bicyclic) bond motifs is 1. The van der Waals surface area contributed by atoms with Crippen molar-refractivity contribution in [2.24, 2.45) is 7.05 Å². The SMILES string of the molecule is CCN(NC(=O)c1cn(C)c2ccccc12)c1ccc(C)cc1. The Labute approximate surface area is 136 Å². The number of rotatable bonds is 4. The minimum atomic E-state index is -0.0933. The van der Waals surface area contributed by atoms with Crippen LogP contribution in [0.2, 0.25) is 0 Å². The molecule has 0 saturated heterocycles. The van der Waals surface area contributed by atoms with Crippen LogP contribution in [0.3, 0.4) is 0 Å². The van der Waals surface area contributed by atoms with Crippen molar-refractivity contribution in [3.8, 4) is 0 Å². The predicted molar refractivity (Wildman–Crippen MR) is 94.6 cm³/mol. The van der Waals surface area contributed by atoms with Gasteiger partial charge in [-0.15, -0.1) is 0 Å². The fraction of sp³-hybridized carbons (Fsp3) is 0.211. The standard InChI is InChI=1S/C19H21N3O/c1-4-22(15-11-9-14(2)10-12-15)20-19(23)17-13-21(3)18-8-6-5-7-16(17)18/h5-13H,4H2,1-3H3,(H,20,23). The third-order valence-corrected chi connectivity index (χ3v) is 4.04. The van der Waals surface area contributed by atoms with Gasteiger partial charge in [-0.1, -0.05) is 35.9 Å². The second kappa shape index (κ2) is 6.16. The lowest BCUT2D eigenvalue weighted by molar-refractivity contribution is 0.0951. The summed E-state index contributed by atoms with van der Waals surface area (Å²) in [6.07, 6.45) is 1.88. The molecule has 0 radical (unpaired) electrons. The van der Waals surface area contributed by atoms with E-state index in [1.165, 1.54) is 5.56 Å². The first-order valence-corrected chi connectivity index (χ1v) is 7.79. The number of hydrogen-bond acceptors (Lipinski definition) is 2. The first-order valence-electron chi connectivity index (χ1n) is 7.79. The van der Waals surface area contributed by atoms with E-state index in [0.29, 0.717) is 12.1 Å². The average Bonchev–Trinajstić information content (AvgIpc) is 2.91. The molecule has 3 aromatic rings. The van der Waals surface area contributed by atoms with Gasteiger partial charge in [0.25, 0.3) is 5.91 Å². The van der Waals surface area contributed by atoms with E-state index in [4.69, 9.17) is 0 Å². The van der Waals surface area contributed by atoms with Gasteiger partial charge in [0.05, 0.1) is 11.3 Å². The number of para-hydroxylation sites is 1. The number of carbonyl (C=O) groups excluding carboxylic acids is 1. The molecule has 0 spiro atoms. The molecule has 1 N–H and O–H groups in total. The molecular formula is C19H21N3O. The van der Waals surface area contributed by atoms with Crippen molar-refractivity contribution in [3.63, 3.8) is 0 Å². The normalized spacial score (nSPS) is 10.7. The van der Waals surface area contributed by atoms with E-state index in [9.17, 15) is 4.79 Å². The van der Waals surface area contributed by atoms with Crippen LogP contribution in [-0.2, 0) is 7.05 Å². The number of aromatic nitrogens is 1. The van der Waals surface area contributed by atoms with E-state index < -0.39 is 0 Å². The molecule has 4 heteroatoms. The fourth-order valence-corrected chi connectivity index (χ4v) is 2.76. The van der Waals surface area contributed by atoms with Gasteiger partial charge in [0.1, 0.15) is 0 Å². The summed E-state index contributed by atoms with van der Waals surface area (Å²) in [6.45, 7) is 4.76. The molecule has 0 fully saturated rings. The largest absolute Gasteiger partial charge is 0.350 e. The van der Waals surface area contributed by atoms with E-state index in [2.05, 4.69) is 12.3 Å². The second-order valence-corrected chi connectivity index (χ2v) is 5.69. The number of amides is 1. The highest BCUT2D eigenvalue weighted by Crippen LogP contribution is 2.21. The molecule has 2 aromatic carbocycles. The molecule has 0 aliphatic heterocycles. The maximum Gasteiger partial charge on any atom is 0.271 e. The third kappa shape index (κ3) is 2.93. The minimum absolute atomic E-state index is 0.0933. The van der Waals surface area contributed by atoms with Crippen molar-refractivity contribution < 1.29 is 4.79 Å². The molecule has 23 heavy (non-hydrogen) atoms. The van der Waals surface area contributed by atoms with Crippen LogP contribution in [0.4, 0.5) is 5.69 Å². The average molecular weight is 307 g/mol. The molecule has 1 heterocycles. The Bertz CT molecular complexity index is 833. The first kappa shape index (κ1) is 15.2. The first-order chi connectivity index (χ1) is 11.1. The Morgan fingerprint density at radius 1 is 1.13 bits per heavy atom. The zero-order valence-corrected chi connectivity index (χ0v) is 13.7. The van der Waals surface area contributed by atoms with Crippen LogP contribution < -0.4 is 10.4 Å². The van der Waals surface area contributed by atoms with E-state index in [-0.39, 0.29) is 5.91 Å². The van der Waals surface area contributed by atoms with Crippen LogP contribution in [-0.4, -0.2) is 17.0 Å². The summed E-state index contributed by atoms with van der Waals surface area (Å²) in [6, 6.07) is 16.1. The number of hydrogen-bond donors (Lipinski definition) is 1. The molecule has 0 atom stereocenters. The Morgan fingerprint density at radius 2 is 1.83 bits per heavy atom. The molecule has 0 bridgehead atoms. The number of aryl methyl sites for hydroxylation is 2. The molecule has 3 rings (SSSR count). The van der Waals surface area contributed by atoms with Crippen LogP contribution in [0.25, 0.3) is 10.9 Å². The van der Waals surface area contributed by atoms with Gasteiger partial charge in [0, 0.05) is 30.7 Å². The van der Waals surface area contributed by atoms with Crippen LogP contribution in [0.15, 0.2) is 54.7 Å². The topological polar surface area (TPSA) is 37.3 Å². The lowest BCUT2D eigenvalue weighted by Gasteiger charge is -2.23. The van der Waals surface area contributed by atoms with Crippen molar-refractivity contribution in [2.75, 3.05) is 11.6 Å². The number of hydrazine groups is 1. The Balaban J connectivity index is 1.88. The third-order valence-electron chi connectivity index (χ3n) is 4.04. The maximum absolute atomic E-state index is 12.7. The summed E-state index contributed by atoms with van der Waals surface area (Å²) < 4.78 is 1.98. The predicted octanol–water partition coefficient (Wildman–Crippen LogP) is 3.66. The van der Waals surface area contributed by atoms with Crippen molar-refractivity contribution in [1.29, 1.82) is 0 Å². The maximum atomic E-state index is 12.7. The summed E-state index contributed by atoms with van der Waals surface area (Å²) in [4.78, 5) is 12.7. The Morgan fingerprint density at radius 3 is 2.52 bits per heavy atom. The summed E-state index contributed by atoms with van der Waals surface area (Å²) >= 11 is 0. The number of nitrogens with zero attached hydrogens (tertiary/aromatic N) is 2. The Hall–Kier alpha value is -2.75. The van der Waals surface area contributed by atoms with Crippen molar-refractivity contribution in [3.05, 3.63) is 65.9 Å². The van der Waals surface area contributed by atoms with Crippen molar-refractivity contribution >= 4 is 22.5 Å². The van der Waals surface area contributed by atoms with E-state index >= 15 is 0 Å². The van der Waals surface area contributed by atoms with Crippen LogP contribution in [0.5, 0.6) is 0 Å². The van der Waals surface area contributed by atoms with E-state index in [1.54, 1.807) is 0 Å². The second-order valence-electron chi connectivity index (χ2n) is 5.69. The monoisotopic (exact) mass is 307 g/mol. The molecule has 0 aliphatic rings. The molecule has 1 amide bonds. The van der Waals surface area contributed by atoms with Crippen LogP contribution in [0, 0.1) is 6.92 Å². The van der Waals surface area contributed by atoms with Gasteiger partial charge in [0.15, 0.2) is 0 Å². The van der Waals surface area contributed by atoms with Crippen molar-refractivity contribution in [1.82, 2.24) is 9.99 Å². The summed E-state index contributed by atoms with van der Waals surface area (Å²) in [5.41, 5.74) is 6.92. The van der Waals surface area contributed by atoms with Gasteiger partial charge < -0.3 is 4.57 Å². The fourth-order valence-electron chi connectivity index (χ4n) is 2.76. The molecule has 0 aliphatic carbocycles. The van der Waals surface area contributed by atoms with Crippen LogP contribution >= 0.6 is 0 Å². The number of nitrogens with one attached hydrogen (secondary N) is 1. The molecular weight excluding hydrogens is 286 g/mol. The van der Waals surface area contributed by atoms with E-state index in [1.807, 2.05) is 78.3 Å². The lowest BCUT2D eigenvalue weighted by Crippen LogP contribution is -2.42. The highest BCUT2D eigenvalue weighted by Gasteiger charge is 2.16. The summed E-state index contributed by atoms with van der Waals surface area (Å²) in [5, 5.41) is 2.83. The highest BCUT2D eigenvalue weighted by atomic mass is 16.2. The summed E-state index contributed by atoms with van der Waals surface area (Å²) in [7, 11) is 1.96.